The summed E-state index contributed by atoms with van der Waals surface area (Å²) in [6.07, 6.45) is 6.59. The molecule has 2 heterocycles. The molecule has 1 spiro atoms. The van der Waals surface area contributed by atoms with E-state index in [0.717, 1.165) is 38.0 Å². The van der Waals surface area contributed by atoms with Crippen LogP contribution in [0.3, 0.4) is 0 Å². The van der Waals surface area contributed by atoms with E-state index >= 15 is 0 Å². The number of nitrogens with one attached hydrogen (secondary N) is 1. The molecular formula is C21H22N4O. The summed E-state index contributed by atoms with van der Waals surface area (Å²) in [6, 6.07) is 13.8. The third kappa shape index (κ3) is 3.47. The first-order valence-electron chi connectivity index (χ1n) is 9.08. The standard InChI is InChI=1S/C21H22N4O/c22-13-16-2-1-3-17(10-16)14-25-9-6-21(15-25)11-19(12-21)24-20(26)18-4-7-23-8-5-18/h1-5,7-8,10,19H,6,9,11-12,14-15H2,(H,24,26). The van der Waals surface area contributed by atoms with Gasteiger partial charge in [0.2, 0.25) is 0 Å². The molecule has 1 saturated carbocycles. The van der Waals surface area contributed by atoms with Crippen LogP contribution in [0.5, 0.6) is 0 Å². The molecule has 0 radical (unpaired) electrons. The van der Waals surface area contributed by atoms with Crippen LogP contribution in [0.25, 0.3) is 0 Å². The molecule has 1 aliphatic heterocycles. The molecule has 1 N–H and O–H groups in total. The van der Waals surface area contributed by atoms with Crippen molar-refractivity contribution in [2.45, 2.75) is 31.8 Å². The van der Waals surface area contributed by atoms with Crippen molar-refractivity contribution in [1.29, 1.82) is 5.26 Å². The van der Waals surface area contributed by atoms with Crippen molar-refractivity contribution >= 4 is 5.91 Å². The van der Waals surface area contributed by atoms with Crippen molar-refractivity contribution in [3.63, 3.8) is 0 Å². The number of nitriles is 1. The van der Waals surface area contributed by atoms with E-state index in [1.807, 2.05) is 18.2 Å². The summed E-state index contributed by atoms with van der Waals surface area (Å²) in [5, 5.41) is 12.2. The quantitative estimate of drug-likeness (QED) is 0.924. The molecule has 1 aromatic carbocycles. The van der Waals surface area contributed by atoms with E-state index in [9.17, 15) is 4.79 Å². The lowest BCUT2D eigenvalue weighted by molar-refractivity contribution is 0.0694. The van der Waals surface area contributed by atoms with Gasteiger partial charge in [-0.15, -0.1) is 0 Å². The SMILES string of the molecule is N#Cc1cccc(CN2CCC3(CC(NC(=O)c4ccncc4)C3)C2)c1. The highest BCUT2D eigenvalue weighted by Crippen LogP contribution is 2.48. The van der Waals surface area contributed by atoms with Gasteiger partial charge in [0.25, 0.3) is 5.91 Å². The highest BCUT2D eigenvalue weighted by atomic mass is 16.1. The predicted octanol–water partition coefficient (Wildman–Crippen LogP) is 2.74. The van der Waals surface area contributed by atoms with Crippen LogP contribution in [0.15, 0.2) is 48.8 Å². The van der Waals surface area contributed by atoms with E-state index < -0.39 is 0 Å². The number of carbonyl (C=O) groups excluding carboxylic acids is 1. The van der Waals surface area contributed by atoms with Gasteiger partial charge in [0.1, 0.15) is 0 Å². The number of nitrogens with zero attached hydrogens (tertiary/aromatic N) is 3. The van der Waals surface area contributed by atoms with Crippen molar-refractivity contribution in [3.8, 4) is 6.07 Å². The van der Waals surface area contributed by atoms with Gasteiger partial charge in [-0.2, -0.15) is 5.26 Å². The van der Waals surface area contributed by atoms with Gasteiger partial charge in [0, 0.05) is 37.1 Å². The lowest BCUT2D eigenvalue weighted by Crippen LogP contribution is -2.51. The minimum Gasteiger partial charge on any atom is -0.349 e. The molecule has 2 aromatic rings. The summed E-state index contributed by atoms with van der Waals surface area (Å²) in [7, 11) is 0. The second kappa shape index (κ2) is 6.89. The largest absolute Gasteiger partial charge is 0.349 e. The zero-order valence-electron chi connectivity index (χ0n) is 14.7. The monoisotopic (exact) mass is 346 g/mol. The first-order valence-corrected chi connectivity index (χ1v) is 9.08. The molecule has 0 bridgehead atoms. The third-order valence-corrected chi connectivity index (χ3v) is 5.62. The summed E-state index contributed by atoms with van der Waals surface area (Å²) >= 11 is 0. The lowest BCUT2D eigenvalue weighted by atomic mass is 9.65. The molecule has 5 heteroatoms. The fraction of sp³-hybridized carbons (Fsp3) is 0.381. The van der Waals surface area contributed by atoms with Crippen molar-refractivity contribution in [2.24, 2.45) is 5.41 Å². The minimum absolute atomic E-state index is 0.00424. The van der Waals surface area contributed by atoms with E-state index in [-0.39, 0.29) is 11.9 Å². The van der Waals surface area contributed by atoms with Gasteiger partial charge in [0.05, 0.1) is 11.6 Å². The number of amides is 1. The number of hydrogen-bond acceptors (Lipinski definition) is 4. The molecule has 1 aliphatic carbocycles. The Morgan fingerprint density at radius 1 is 1.31 bits per heavy atom. The Balaban J connectivity index is 1.28. The average molecular weight is 346 g/mol. The van der Waals surface area contributed by atoms with Crippen molar-refractivity contribution < 1.29 is 4.79 Å². The molecule has 1 saturated heterocycles. The van der Waals surface area contributed by atoms with Gasteiger partial charge in [0.15, 0.2) is 0 Å². The highest BCUT2D eigenvalue weighted by molar-refractivity contribution is 5.94. The lowest BCUT2D eigenvalue weighted by Gasteiger charge is -2.45. The third-order valence-electron chi connectivity index (χ3n) is 5.62. The number of hydrogen-bond donors (Lipinski definition) is 1. The van der Waals surface area contributed by atoms with Gasteiger partial charge in [-0.25, -0.2) is 0 Å². The first-order chi connectivity index (χ1) is 12.7. The molecule has 0 atom stereocenters. The molecule has 132 valence electrons. The molecule has 1 amide bonds. The Morgan fingerprint density at radius 2 is 2.12 bits per heavy atom. The van der Waals surface area contributed by atoms with Crippen LogP contribution in [0.2, 0.25) is 0 Å². The van der Waals surface area contributed by atoms with Gasteiger partial charge in [-0.1, -0.05) is 12.1 Å². The Hall–Kier alpha value is -2.71. The molecular weight excluding hydrogens is 324 g/mol. The van der Waals surface area contributed by atoms with Crippen LogP contribution in [0.4, 0.5) is 0 Å². The van der Waals surface area contributed by atoms with E-state index in [4.69, 9.17) is 5.26 Å². The molecule has 2 aliphatic rings. The fourth-order valence-corrected chi connectivity index (χ4v) is 4.35. The first kappa shape index (κ1) is 16.7. The predicted molar refractivity (Wildman–Crippen MR) is 98.2 cm³/mol. The zero-order valence-corrected chi connectivity index (χ0v) is 14.7. The summed E-state index contributed by atoms with van der Waals surface area (Å²) < 4.78 is 0. The van der Waals surface area contributed by atoms with E-state index in [1.54, 1.807) is 24.5 Å². The van der Waals surface area contributed by atoms with Crippen molar-refractivity contribution in [2.75, 3.05) is 13.1 Å². The van der Waals surface area contributed by atoms with Crippen LogP contribution >= 0.6 is 0 Å². The Morgan fingerprint density at radius 3 is 2.88 bits per heavy atom. The van der Waals surface area contributed by atoms with E-state index in [0.29, 0.717) is 11.0 Å². The second-order valence-corrected chi connectivity index (χ2v) is 7.59. The van der Waals surface area contributed by atoms with Crippen LogP contribution in [-0.4, -0.2) is 34.9 Å². The maximum Gasteiger partial charge on any atom is 0.251 e. The topological polar surface area (TPSA) is 69.0 Å². The van der Waals surface area contributed by atoms with E-state index in [2.05, 4.69) is 27.3 Å². The Kier molecular flexibility index (Phi) is 4.44. The van der Waals surface area contributed by atoms with Crippen molar-refractivity contribution in [3.05, 3.63) is 65.5 Å². The highest BCUT2D eigenvalue weighted by Gasteiger charge is 2.48. The summed E-state index contributed by atoms with van der Waals surface area (Å²) in [4.78, 5) is 18.7. The maximum atomic E-state index is 12.2. The minimum atomic E-state index is -0.00424. The number of carbonyl (C=O) groups is 1. The molecule has 0 unspecified atom stereocenters. The Labute approximate surface area is 153 Å². The van der Waals surface area contributed by atoms with Crippen LogP contribution in [-0.2, 0) is 6.54 Å². The van der Waals surface area contributed by atoms with Gasteiger partial charge in [-0.3, -0.25) is 14.7 Å². The van der Waals surface area contributed by atoms with Gasteiger partial charge >= 0.3 is 0 Å². The molecule has 1 aromatic heterocycles. The number of benzene rings is 1. The number of likely N-dealkylation sites (tertiary alicyclic amines) is 1. The number of rotatable bonds is 4. The Bertz CT molecular complexity index is 837. The molecule has 4 rings (SSSR count). The summed E-state index contributed by atoms with van der Waals surface area (Å²) in [5.41, 5.74) is 2.94. The molecule has 26 heavy (non-hydrogen) atoms. The van der Waals surface area contributed by atoms with Crippen molar-refractivity contribution in [1.82, 2.24) is 15.2 Å². The van der Waals surface area contributed by atoms with Gasteiger partial charge in [-0.05, 0) is 61.1 Å². The second-order valence-electron chi connectivity index (χ2n) is 7.59. The fourth-order valence-electron chi connectivity index (χ4n) is 4.35. The zero-order chi connectivity index (χ0) is 18.0. The smallest absolute Gasteiger partial charge is 0.251 e. The van der Waals surface area contributed by atoms with E-state index in [1.165, 1.54) is 12.0 Å². The number of aromatic nitrogens is 1. The summed E-state index contributed by atoms with van der Waals surface area (Å²) in [6.45, 7) is 3.05. The number of pyridine rings is 1. The normalized spacial score (nSPS) is 24.8. The maximum absolute atomic E-state index is 12.2. The molecule has 2 fully saturated rings. The van der Waals surface area contributed by atoms with Crippen LogP contribution < -0.4 is 5.32 Å². The summed E-state index contributed by atoms with van der Waals surface area (Å²) in [5.74, 6) is -0.00424. The van der Waals surface area contributed by atoms with Crippen LogP contribution in [0, 0.1) is 16.7 Å². The average Bonchev–Trinajstić information content (AvgIpc) is 3.06. The molecule has 5 nitrogen and oxygen atoms in total. The van der Waals surface area contributed by atoms with Gasteiger partial charge < -0.3 is 5.32 Å². The van der Waals surface area contributed by atoms with Crippen LogP contribution in [0.1, 0.15) is 40.7 Å².